The van der Waals surface area contributed by atoms with Crippen LogP contribution >= 0.6 is 0 Å². The molecule has 0 N–H and O–H groups in total. The van der Waals surface area contributed by atoms with E-state index in [1.807, 2.05) is 13.8 Å². The molecule has 2 rings (SSSR count). The summed E-state index contributed by atoms with van der Waals surface area (Å²) in [5.74, 6) is 3.02. The van der Waals surface area contributed by atoms with E-state index in [0.717, 1.165) is 6.42 Å². The molecule has 0 atom stereocenters. The summed E-state index contributed by atoms with van der Waals surface area (Å²) in [5.41, 5.74) is 0.183. The molecule has 0 aliphatic carbocycles. The maximum atomic E-state index is 11.9. The Kier molecular flexibility index (Phi) is 2.76. The van der Waals surface area contributed by atoms with Gasteiger partial charge in [0.1, 0.15) is 5.60 Å². The molecule has 0 saturated carbocycles. The molecule has 17 heavy (non-hydrogen) atoms. The van der Waals surface area contributed by atoms with E-state index in [1.165, 1.54) is 4.90 Å². The Labute approximate surface area is 101 Å². The number of nitrogens with zero attached hydrogens (tertiary/aromatic N) is 2. The van der Waals surface area contributed by atoms with Crippen LogP contribution in [0.3, 0.4) is 0 Å². The highest BCUT2D eigenvalue weighted by Crippen LogP contribution is 2.27. The summed E-state index contributed by atoms with van der Waals surface area (Å²) >= 11 is 0. The summed E-state index contributed by atoms with van der Waals surface area (Å²) in [6, 6.07) is 3.51. The largest absolute Gasteiger partial charge is 0.443 e. The smallest absolute Gasteiger partial charge is 0.416 e. The highest BCUT2D eigenvalue weighted by Gasteiger charge is 2.34. The van der Waals surface area contributed by atoms with Crippen molar-refractivity contribution in [2.45, 2.75) is 25.9 Å². The number of anilines is 1. The number of terminal acetylenes is 1. The third-order valence-electron chi connectivity index (χ3n) is 2.72. The number of carbonyl (C=O) groups is 1. The molecule has 1 amide bonds. The van der Waals surface area contributed by atoms with Gasteiger partial charge in [0.25, 0.3) is 0 Å². The SMILES string of the molecule is C#Cc1cccnc1N1CCC(C)(C)OC1=O. The Morgan fingerprint density at radius 2 is 2.35 bits per heavy atom. The van der Waals surface area contributed by atoms with Gasteiger partial charge in [0.05, 0.1) is 5.56 Å². The molecule has 1 aliphatic rings. The zero-order valence-corrected chi connectivity index (χ0v) is 9.93. The van der Waals surface area contributed by atoms with Gasteiger partial charge in [-0.1, -0.05) is 5.92 Å². The maximum absolute atomic E-state index is 11.9. The minimum absolute atomic E-state index is 0.392. The Morgan fingerprint density at radius 1 is 1.59 bits per heavy atom. The van der Waals surface area contributed by atoms with E-state index >= 15 is 0 Å². The molecular formula is C13H14N2O2. The molecular weight excluding hydrogens is 216 g/mol. The number of rotatable bonds is 1. The normalized spacial score (nSPS) is 18.4. The number of hydrogen-bond acceptors (Lipinski definition) is 3. The van der Waals surface area contributed by atoms with Crippen molar-refractivity contribution in [3.05, 3.63) is 23.9 Å². The second-order valence-electron chi connectivity index (χ2n) is 4.55. The van der Waals surface area contributed by atoms with Crippen LogP contribution in [-0.4, -0.2) is 23.2 Å². The fourth-order valence-corrected chi connectivity index (χ4v) is 1.73. The quantitative estimate of drug-likeness (QED) is 0.694. The molecule has 0 unspecified atom stereocenters. The summed E-state index contributed by atoms with van der Waals surface area (Å²) < 4.78 is 5.32. The Balaban J connectivity index is 2.30. The van der Waals surface area contributed by atoms with Crippen LogP contribution in [-0.2, 0) is 4.74 Å². The maximum Gasteiger partial charge on any atom is 0.416 e. The lowest BCUT2D eigenvalue weighted by molar-refractivity contribution is 0.0234. The van der Waals surface area contributed by atoms with Crippen LogP contribution < -0.4 is 4.90 Å². The second kappa shape index (κ2) is 4.10. The van der Waals surface area contributed by atoms with Gasteiger partial charge < -0.3 is 4.74 Å². The molecule has 4 nitrogen and oxygen atoms in total. The summed E-state index contributed by atoms with van der Waals surface area (Å²) in [5, 5.41) is 0. The number of carbonyl (C=O) groups excluding carboxylic acids is 1. The molecule has 0 spiro atoms. The molecule has 0 bridgehead atoms. The predicted molar refractivity (Wildman–Crippen MR) is 64.7 cm³/mol. The molecule has 1 aromatic heterocycles. The highest BCUT2D eigenvalue weighted by molar-refractivity contribution is 5.89. The summed E-state index contributed by atoms with van der Waals surface area (Å²) in [6.07, 6.45) is 7.36. The minimum Gasteiger partial charge on any atom is -0.443 e. The van der Waals surface area contributed by atoms with Gasteiger partial charge in [0.15, 0.2) is 5.82 Å². The van der Waals surface area contributed by atoms with Crippen LogP contribution in [0.1, 0.15) is 25.8 Å². The van der Waals surface area contributed by atoms with Crippen molar-refractivity contribution in [3.63, 3.8) is 0 Å². The van der Waals surface area contributed by atoms with E-state index in [0.29, 0.717) is 17.9 Å². The van der Waals surface area contributed by atoms with Gasteiger partial charge in [-0.3, -0.25) is 4.90 Å². The van der Waals surface area contributed by atoms with E-state index in [-0.39, 0.29) is 0 Å². The Bertz CT molecular complexity index is 488. The van der Waals surface area contributed by atoms with Crippen molar-refractivity contribution in [1.29, 1.82) is 0 Å². The van der Waals surface area contributed by atoms with Gasteiger partial charge in [-0.2, -0.15) is 0 Å². The average Bonchev–Trinajstić information content (AvgIpc) is 2.28. The van der Waals surface area contributed by atoms with Gasteiger partial charge in [-0.15, -0.1) is 6.42 Å². The fourth-order valence-electron chi connectivity index (χ4n) is 1.73. The minimum atomic E-state index is -0.418. The highest BCUT2D eigenvalue weighted by atomic mass is 16.6. The summed E-state index contributed by atoms with van der Waals surface area (Å²) in [4.78, 5) is 17.5. The summed E-state index contributed by atoms with van der Waals surface area (Å²) in [6.45, 7) is 4.35. The molecule has 1 saturated heterocycles. The van der Waals surface area contributed by atoms with Gasteiger partial charge in [-0.25, -0.2) is 9.78 Å². The lowest BCUT2D eigenvalue weighted by Gasteiger charge is -2.36. The molecule has 88 valence electrons. The second-order valence-corrected chi connectivity index (χ2v) is 4.55. The van der Waals surface area contributed by atoms with Crippen LogP contribution in [0.25, 0.3) is 0 Å². The topological polar surface area (TPSA) is 42.4 Å². The Hall–Kier alpha value is -2.02. The summed E-state index contributed by atoms with van der Waals surface area (Å²) in [7, 11) is 0. The number of hydrogen-bond donors (Lipinski definition) is 0. The Morgan fingerprint density at radius 3 is 3.00 bits per heavy atom. The zero-order chi connectivity index (χ0) is 12.5. The van der Waals surface area contributed by atoms with Crippen molar-refractivity contribution in [2.75, 3.05) is 11.4 Å². The molecule has 1 aliphatic heterocycles. The number of cyclic esters (lactones) is 1. The van der Waals surface area contributed by atoms with E-state index in [9.17, 15) is 4.79 Å². The van der Waals surface area contributed by atoms with Crippen molar-refractivity contribution in [2.24, 2.45) is 0 Å². The average molecular weight is 230 g/mol. The third kappa shape index (κ3) is 2.23. The molecule has 0 radical (unpaired) electrons. The van der Waals surface area contributed by atoms with E-state index in [4.69, 9.17) is 11.2 Å². The number of aromatic nitrogens is 1. The zero-order valence-electron chi connectivity index (χ0n) is 9.93. The van der Waals surface area contributed by atoms with Crippen molar-refractivity contribution in [1.82, 2.24) is 4.98 Å². The first-order valence-electron chi connectivity index (χ1n) is 5.46. The first-order chi connectivity index (χ1) is 8.03. The van der Waals surface area contributed by atoms with Crippen molar-refractivity contribution < 1.29 is 9.53 Å². The molecule has 4 heteroatoms. The van der Waals surface area contributed by atoms with E-state index in [1.54, 1.807) is 18.3 Å². The van der Waals surface area contributed by atoms with Crippen LogP contribution in [0.4, 0.5) is 10.6 Å². The number of amides is 1. The van der Waals surface area contributed by atoms with E-state index < -0.39 is 11.7 Å². The van der Waals surface area contributed by atoms with Crippen LogP contribution in [0, 0.1) is 12.3 Å². The van der Waals surface area contributed by atoms with Crippen LogP contribution in [0.2, 0.25) is 0 Å². The number of ether oxygens (including phenoxy) is 1. The number of pyridine rings is 1. The molecule has 1 fully saturated rings. The molecule has 1 aromatic rings. The van der Waals surface area contributed by atoms with E-state index in [2.05, 4.69) is 10.9 Å². The first kappa shape index (κ1) is 11.5. The third-order valence-corrected chi connectivity index (χ3v) is 2.72. The lowest BCUT2D eigenvalue weighted by Crippen LogP contribution is -2.47. The van der Waals surface area contributed by atoms with Gasteiger partial charge >= 0.3 is 6.09 Å². The predicted octanol–water partition coefficient (Wildman–Crippen LogP) is 2.19. The van der Waals surface area contributed by atoms with Crippen LogP contribution in [0.15, 0.2) is 18.3 Å². The van der Waals surface area contributed by atoms with Gasteiger partial charge in [-0.05, 0) is 26.0 Å². The fraction of sp³-hybridized carbons (Fsp3) is 0.385. The first-order valence-corrected chi connectivity index (χ1v) is 5.46. The van der Waals surface area contributed by atoms with Crippen LogP contribution in [0.5, 0.6) is 0 Å². The monoisotopic (exact) mass is 230 g/mol. The molecule has 0 aromatic carbocycles. The van der Waals surface area contributed by atoms with Crippen molar-refractivity contribution in [3.8, 4) is 12.3 Å². The lowest BCUT2D eigenvalue weighted by atomic mass is 10.0. The van der Waals surface area contributed by atoms with Gasteiger partial charge in [0.2, 0.25) is 0 Å². The van der Waals surface area contributed by atoms with Crippen molar-refractivity contribution >= 4 is 11.9 Å². The van der Waals surface area contributed by atoms with Gasteiger partial charge in [0, 0.05) is 19.2 Å². The molecule has 2 heterocycles. The standard InChI is InChI=1S/C13H14N2O2/c1-4-10-6-5-8-14-11(10)15-9-7-13(2,3)17-12(15)16/h1,5-6,8H,7,9H2,2-3H3.